The van der Waals surface area contributed by atoms with E-state index >= 15 is 0 Å². The first-order valence-corrected chi connectivity index (χ1v) is 6.22. The van der Waals surface area contributed by atoms with Gasteiger partial charge < -0.3 is 4.42 Å². The summed E-state index contributed by atoms with van der Waals surface area (Å²) in [5, 5.41) is 4.02. The Bertz CT molecular complexity index is 486. The average Bonchev–Trinajstić information content (AvgIpc) is 2.70. The second kappa shape index (κ2) is 5.67. The number of furan rings is 1. The predicted molar refractivity (Wildman–Crippen MR) is 70.6 cm³/mol. The molecule has 1 aliphatic carbocycles. The molecule has 1 aliphatic rings. The van der Waals surface area contributed by atoms with Gasteiger partial charge in [-0.15, -0.1) is 0 Å². The lowest BCUT2D eigenvalue weighted by molar-refractivity contribution is 0.0953. The number of hydrogen-bond acceptors (Lipinski definition) is 3. The molecule has 96 valence electrons. The number of aryl methyl sites for hydroxylation is 2. The fourth-order valence-corrected chi connectivity index (χ4v) is 2.07. The molecular formula is C14H18N2O2. The largest absolute Gasteiger partial charge is 0.466 e. The van der Waals surface area contributed by atoms with E-state index < -0.39 is 0 Å². The highest BCUT2D eigenvalue weighted by Gasteiger charge is 2.13. The van der Waals surface area contributed by atoms with Crippen LogP contribution >= 0.6 is 0 Å². The molecule has 0 unspecified atom stereocenters. The van der Waals surface area contributed by atoms with Gasteiger partial charge in [-0.2, -0.15) is 5.10 Å². The van der Waals surface area contributed by atoms with Gasteiger partial charge in [0.15, 0.2) is 0 Å². The van der Waals surface area contributed by atoms with Crippen molar-refractivity contribution >= 4 is 12.1 Å². The molecule has 1 atom stereocenters. The van der Waals surface area contributed by atoms with Crippen molar-refractivity contribution in [2.45, 2.75) is 33.1 Å². The van der Waals surface area contributed by atoms with Crippen molar-refractivity contribution < 1.29 is 9.21 Å². The van der Waals surface area contributed by atoms with Crippen LogP contribution in [0.2, 0.25) is 0 Å². The van der Waals surface area contributed by atoms with Crippen LogP contribution in [0.1, 0.15) is 41.1 Å². The van der Waals surface area contributed by atoms with Gasteiger partial charge in [0.2, 0.25) is 0 Å². The molecule has 2 rings (SSSR count). The Kier molecular flexibility index (Phi) is 3.97. The third-order valence-corrected chi connectivity index (χ3v) is 3.05. The lowest BCUT2D eigenvalue weighted by atomic mass is 9.96. The summed E-state index contributed by atoms with van der Waals surface area (Å²) in [5.41, 5.74) is 3.10. The van der Waals surface area contributed by atoms with E-state index in [0.717, 1.165) is 25.0 Å². The molecule has 1 N–H and O–H groups in total. The monoisotopic (exact) mass is 246 g/mol. The van der Waals surface area contributed by atoms with E-state index in [2.05, 4.69) is 22.7 Å². The Hall–Kier alpha value is -1.84. The van der Waals surface area contributed by atoms with Crippen LogP contribution in [0.4, 0.5) is 0 Å². The zero-order valence-electron chi connectivity index (χ0n) is 10.8. The molecule has 0 saturated carbocycles. The van der Waals surface area contributed by atoms with Gasteiger partial charge in [0.05, 0.1) is 5.56 Å². The number of rotatable bonds is 3. The van der Waals surface area contributed by atoms with Crippen molar-refractivity contribution in [3.63, 3.8) is 0 Å². The van der Waals surface area contributed by atoms with E-state index in [4.69, 9.17) is 4.42 Å². The Balaban J connectivity index is 1.90. The van der Waals surface area contributed by atoms with Crippen molar-refractivity contribution in [3.05, 3.63) is 35.3 Å². The molecule has 0 fully saturated rings. The second-order valence-electron chi connectivity index (χ2n) is 4.59. The first-order valence-electron chi connectivity index (χ1n) is 6.22. The van der Waals surface area contributed by atoms with Crippen LogP contribution in [-0.4, -0.2) is 12.1 Å². The van der Waals surface area contributed by atoms with E-state index in [1.807, 2.05) is 13.1 Å². The standard InChI is InChI=1S/C14H18N2O2/c1-10-8-13(11(2)18-10)14(17)16-15-9-12-6-4-3-5-7-12/h3-4,8-9,12H,5-7H2,1-2H3,(H,16,17)/b15-9-/t12-/m1/s1. The van der Waals surface area contributed by atoms with Gasteiger partial charge in [-0.05, 0) is 45.1 Å². The van der Waals surface area contributed by atoms with Crippen LogP contribution in [0.3, 0.4) is 0 Å². The summed E-state index contributed by atoms with van der Waals surface area (Å²) >= 11 is 0. The first kappa shape index (κ1) is 12.6. The summed E-state index contributed by atoms with van der Waals surface area (Å²) in [6, 6.07) is 1.73. The first-order chi connectivity index (χ1) is 8.66. The van der Waals surface area contributed by atoms with E-state index in [1.54, 1.807) is 13.0 Å². The maximum absolute atomic E-state index is 11.8. The zero-order valence-corrected chi connectivity index (χ0v) is 10.8. The molecule has 4 nitrogen and oxygen atoms in total. The molecule has 0 aromatic carbocycles. The Morgan fingerprint density at radius 2 is 2.33 bits per heavy atom. The summed E-state index contributed by atoms with van der Waals surface area (Å²) in [5.74, 6) is 1.58. The minimum atomic E-state index is -0.216. The van der Waals surface area contributed by atoms with Gasteiger partial charge in [0.25, 0.3) is 5.91 Å². The van der Waals surface area contributed by atoms with Gasteiger partial charge in [-0.1, -0.05) is 12.2 Å². The normalized spacial score (nSPS) is 19.3. The number of hydrogen-bond donors (Lipinski definition) is 1. The van der Waals surface area contributed by atoms with Crippen molar-refractivity contribution in [3.8, 4) is 0 Å². The van der Waals surface area contributed by atoms with Crippen molar-refractivity contribution in [2.75, 3.05) is 0 Å². The van der Waals surface area contributed by atoms with Crippen molar-refractivity contribution in [2.24, 2.45) is 11.0 Å². The quantitative estimate of drug-likeness (QED) is 0.506. The maximum atomic E-state index is 11.8. The highest BCUT2D eigenvalue weighted by Crippen LogP contribution is 2.16. The number of carbonyl (C=O) groups is 1. The lowest BCUT2D eigenvalue weighted by Crippen LogP contribution is -2.19. The van der Waals surface area contributed by atoms with E-state index in [-0.39, 0.29) is 5.91 Å². The number of carbonyl (C=O) groups excluding carboxylic acids is 1. The van der Waals surface area contributed by atoms with Gasteiger partial charge in [-0.3, -0.25) is 4.79 Å². The molecule has 4 heteroatoms. The molecule has 1 amide bonds. The summed E-state index contributed by atoms with van der Waals surface area (Å²) in [7, 11) is 0. The van der Waals surface area contributed by atoms with E-state index in [9.17, 15) is 4.79 Å². The zero-order chi connectivity index (χ0) is 13.0. The average molecular weight is 246 g/mol. The molecule has 0 bridgehead atoms. The van der Waals surface area contributed by atoms with E-state index in [0.29, 0.717) is 17.2 Å². The van der Waals surface area contributed by atoms with Crippen LogP contribution in [-0.2, 0) is 0 Å². The Labute approximate surface area is 107 Å². The van der Waals surface area contributed by atoms with Crippen LogP contribution in [0.5, 0.6) is 0 Å². The summed E-state index contributed by atoms with van der Waals surface area (Å²) < 4.78 is 5.31. The van der Waals surface area contributed by atoms with Gasteiger partial charge in [-0.25, -0.2) is 5.43 Å². The van der Waals surface area contributed by atoms with Crippen molar-refractivity contribution in [1.29, 1.82) is 0 Å². The minimum absolute atomic E-state index is 0.216. The SMILES string of the molecule is Cc1cc(C(=O)N/N=C\[C@@H]2CC=CCC2)c(C)o1. The molecule has 1 heterocycles. The second-order valence-corrected chi connectivity index (χ2v) is 4.59. The maximum Gasteiger partial charge on any atom is 0.274 e. The summed E-state index contributed by atoms with van der Waals surface area (Å²) in [6.07, 6.45) is 9.35. The lowest BCUT2D eigenvalue weighted by Gasteiger charge is -2.11. The summed E-state index contributed by atoms with van der Waals surface area (Å²) in [6.45, 7) is 3.60. The highest BCUT2D eigenvalue weighted by molar-refractivity contribution is 5.95. The number of allylic oxidation sites excluding steroid dienone is 2. The van der Waals surface area contributed by atoms with Crippen LogP contribution in [0.25, 0.3) is 0 Å². The van der Waals surface area contributed by atoms with Crippen molar-refractivity contribution in [1.82, 2.24) is 5.43 Å². The fraction of sp³-hybridized carbons (Fsp3) is 0.429. The summed E-state index contributed by atoms with van der Waals surface area (Å²) in [4.78, 5) is 11.8. The molecule has 0 aliphatic heterocycles. The fourth-order valence-electron chi connectivity index (χ4n) is 2.07. The van der Waals surface area contributed by atoms with Gasteiger partial charge >= 0.3 is 0 Å². The van der Waals surface area contributed by atoms with Crippen LogP contribution in [0, 0.1) is 19.8 Å². The van der Waals surface area contributed by atoms with Gasteiger partial charge in [0.1, 0.15) is 11.5 Å². The molecule has 0 radical (unpaired) electrons. The van der Waals surface area contributed by atoms with E-state index in [1.165, 1.54) is 0 Å². The number of nitrogens with one attached hydrogen (secondary N) is 1. The molecule has 18 heavy (non-hydrogen) atoms. The molecule has 0 spiro atoms. The van der Waals surface area contributed by atoms with Crippen LogP contribution < -0.4 is 5.43 Å². The number of nitrogens with zero attached hydrogens (tertiary/aromatic N) is 1. The number of amides is 1. The Morgan fingerprint density at radius 3 is 2.94 bits per heavy atom. The minimum Gasteiger partial charge on any atom is -0.466 e. The third kappa shape index (κ3) is 3.09. The van der Waals surface area contributed by atoms with Crippen LogP contribution in [0.15, 0.2) is 27.7 Å². The molecule has 0 saturated heterocycles. The number of hydrazone groups is 1. The third-order valence-electron chi connectivity index (χ3n) is 3.05. The van der Waals surface area contributed by atoms with Gasteiger partial charge in [0, 0.05) is 6.21 Å². The smallest absolute Gasteiger partial charge is 0.274 e. The highest BCUT2D eigenvalue weighted by atomic mass is 16.3. The predicted octanol–water partition coefficient (Wildman–Crippen LogP) is 2.97. The molecular weight excluding hydrogens is 228 g/mol. The Morgan fingerprint density at radius 1 is 1.50 bits per heavy atom. The molecule has 1 aromatic heterocycles. The molecule has 1 aromatic rings. The topological polar surface area (TPSA) is 54.6 Å².